The van der Waals surface area contributed by atoms with Crippen molar-refractivity contribution in [1.29, 1.82) is 0 Å². The van der Waals surface area contributed by atoms with Crippen molar-refractivity contribution in [3.63, 3.8) is 0 Å². The molecule has 0 aliphatic carbocycles. The monoisotopic (exact) mass is 385 g/mol. The van der Waals surface area contributed by atoms with E-state index in [-0.39, 0.29) is 24.9 Å². The highest BCUT2D eigenvalue weighted by atomic mass is 32.2. The Bertz CT molecular complexity index is 868. The van der Waals surface area contributed by atoms with Crippen LogP contribution < -0.4 is 4.72 Å². The number of aromatic nitrogens is 3. The third kappa shape index (κ3) is 3.88. The molecule has 0 saturated carbocycles. The van der Waals surface area contributed by atoms with Crippen LogP contribution in [-0.4, -0.2) is 53.9 Å². The van der Waals surface area contributed by atoms with E-state index in [1.807, 2.05) is 0 Å². The minimum atomic E-state index is -4.38. The topological polar surface area (TPSA) is 97.2 Å². The number of nitrogens with one attached hydrogen (secondary N) is 1. The molecule has 0 spiro atoms. The van der Waals surface area contributed by atoms with E-state index in [2.05, 4.69) is 15.0 Å². The molecule has 2 heterocycles. The predicted molar refractivity (Wildman–Crippen MR) is 86.4 cm³/mol. The summed E-state index contributed by atoms with van der Waals surface area (Å²) in [6.45, 7) is 0.731. The molecule has 1 aliphatic heterocycles. The summed E-state index contributed by atoms with van der Waals surface area (Å²) in [5.41, 5.74) is 0. The Morgan fingerprint density at radius 1 is 1.31 bits per heavy atom. The molecule has 1 saturated heterocycles. The molecule has 1 aromatic heterocycles. The predicted octanol–water partition coefficient (Wildman–Crippen LogP) is 0.698. The maximum atomic E-state index is 13.6. The summed E-state index contributed by atoms with van der Waals surface area (Å²) in [6, 6.07) is 2.83. The molecule has 1 unspecified atom stereocenters. The molecule has 1 amide bonds. The van der Waals surface area contributed by atoms with Crippen LogP contribution in [0.1, 0.15) is 18.9 Å². The van der Waals surface area contributed by atoms with Gasteiger partial charge in [0.25, 0.3) is 0 Å². The number of nitrogens with zero attached hydrogens (tertiary/aromatic N) is 4. The van der Waals surface area contributed by atoms with Crippen LogP contribution in [0.4, 0.5) is 8.78 Å². The largest absolute Gasteiger partial charge is 0.340 e. The van der Waals surface area contributed by atoms with E-state index in [4.69, 9.17) is 0 Å². The SMILES string of the molecule is O=C(CCNS(=O)(=O)c1c(F)cccc1F)N1CCC(n2ccnn2)C1. The Labute approximate surface area is 148 Å². The van der Waals surface area contributed by atoms with Crippen molar-refractivity contribution in [2.75, 3.05) is 19.6 Å². The third-order valence-electron chi connectivity index (χ3n) is 4.15. The van der Waals surface area contributed by atoms with Crippen LogP contribution in [0.2, 0.25) is 0 Å². The zero-order valence-electron chi connectivity index (χ0n) is 13.7. The number of sulfonamides is 1. The fourth-order valence-corrected chi connectivity index (χ4v) is 4.02. The fourth-order valence-electron chi connectivity index (χ4n) is 2.86. The Kier molecular flexibility index (Phi) is 5.28. The Hall–Kier alpha value is -2.40. The lowest BCUT2D eigenvalue weighted by atomic mass is 10.3. The Morgan fingerprint density at radius 3 is 2.69 bits per heavy atom. The van der Waals surface area contributed by atoms with Gasteiger partial charge in [-0.05, 0) is 18.6 Å². The Morgan fingerprint density at radius 2 is 2.04 bits per heavy atom. The second-order valence-corrected chi connectivity index (χ2v) is 7.57. The van der Waals surface area contributed by atoms with Gasteiger partial charge in [0, 0.05) is 32.3 Å². The van der Waals surface area contributed by atoms with Gasteiger partial charge in [0.05, 0.1) is 12.2 Å². The maximum absolute atomic E-state index is 13.6. The van der Waals surface area contributed by atoms with Gasteiger partial charge in [-0.2, -0.15) is 0 Å². The standard InChI is InChI=1S/C15H17F2N5O3S/c16-12-2-1-3-13(17)15(12)26(24,25)19-6-4-14(23)21-8-5-11(10-21)22-9-7-18-20-22/h1-3,7,9,11,19H,4-6,8,10H2. The van der Waals surface area contributed by atoms with Gasteiger partial charge in [0.1, 0.15) is 11.6 Å². The molecule has 1 aliphatic rings. The summed E-state index contributed by atoms with van der Waals surface area (Å²) in [6.07, 6.45) is 3.89. The number of likely N-dealkylation sites (tertiary alicyclic amines) is 1. The number of amides is 1. The first-order valence-corrected chi connectivity index (χ1v) is 9.44. The van der Waals surface area contributed by atoms with Crippen molar-refractivity contribution in [2.24, 2.45) is 0 Å². The van der Waals surface area contributed by atoms with Gasteiger partial charge in [0.15, 0.2) is 4.90 Å². The van der Waals surface area contributed by atoms with Crippen LogP contribution in [0.5, 0.6) is 0 Å². The summed E-state index contributed by atoms with van der Waals surface area (Å²) in [7, 11) is -4.38. The highest BCUT2D eigenvalue weighted by molar-refractivity contribution is 7.89. The molecule has 11 heteroatoms. The molecule has 0 bridgehead atoms. The lowest BCUT2D eigenvalue weighted by molar-refractivity contribution is -0.130. The van der Waals surface area contributed by atoms with Gasteiger partial charge < -0.3 is 4.90 Å². The maximum Gasteiger partial charge on any atom is 0.246 e. The minimum absolute atomic E-state index is 0.0330. The summed E-state index contributed by atoms with van der Waals surface area (Å²) < 4.78 is 55.1. The molecule has 3 rings (SSSR count). The van der Waals surface area contributed by atoms with E-state index in [0.29, 0.717) is 13.1 Å². The Balaban J connectivity index is 1.54. The molecular formula is C15H17F2N5O3S. The summed E-state index contributed by atoms with van der Waals surface area (Å²) in [5, 5.41) is 7.63. The second kappa shape index (κ2) is 7.46. The number of hydrogen-bond donors (Lipinski definition) is 1. The van der Waals surface area contributed by atoms with E-state index >= 15 is 0 Å². The van der Waals surface area contributed by atoms with Crippen molar-refractivity contribution in [2.45, 2.75) is 23.8 Å². The fraction of sp³-hybridized carbons (Fsp3) is 0.400. The van der Waals surface area contributed by atoms with Crippen LogP contribution in [0.3, 0.4) is 0 Å². The molecule has 1 N–H and O–H groups in total. The summed E-state index contributed by atoms with van der Waals surface area (Å²) >= 11 is 0. The number of rotatable bonds is 6. The molecule has 1 fully saturated rings. The van der Waals surface area contributed by atoms with Gasteiger partial charge in [0.2, 0.25) is 15.9 Å². The van der Waals surface area contributed by atoms with E-state index in [1.54, 1.807) is 22.0 Å². The quantitative estimate of drug-likeness (QED) is 0.790. The molecule has 2 aromatic rings. The van der Waals surface area contributed by atoms with Crippen LogP contribution in [0, 0.1) is 11.6 Å². The third-order valence-corrected chi connectivity index (χ3v) is 5.66. The number of halogens is 2. The number of carbonyl (C=O) groups is 1. The average Bonchev–Trinajstić information content (AvgIpc) is 3.25. The van der Waals surface area contributed by atoms with Crippen molar-refractivity contribution < 1.29 is 22.0 Å². The first-order valence-electron chi connectivity index (χ1n) is 7.96. The van der Waals surface area contributed by atoms with Crippen LogP contribution in [0.15, 0.2) is 35.5 Å². The number of hydrogen-bond acceptors (Lipinski definition) is 5. The smallest absolute Gasteiger partial charge is 0.246 e. The summed E-state index contributed by atoms with van der Waals surface area (Å²) in [5.74, 6) is -2.61. The average molecular weight is 385 g/mol. The number of carbonyl (C=O) groups excluding carboxylic acids is 1. The molecular weight excluding hydrogens is 368 g/mol. The van der Waals surface area contributed by atoms with E-state index < -0.39 is 26.6 Å². The van der Waals surface area contributed by atoms with Crippen molar-refractivity contribution in [3.05, 3.63) is 42.2 Å². The normalized spacial score (nSPS) is 17.6. The lowest BCUT2D eigenvalue weighted by Crippen LogP contribution is -2.34. The molecule has 0 radical (unpaired) electrons. The number of benzene rings is 1. The lowest BCUT2D eigenvalue weighted by Gasteiger charge is -2.16. The van der Waals surface area contributed by atoms with E-state index in [9.17, 15) is 22.0 Å². The molecule has 1 atom stereocenters. The highest BCUT2D eigenvalue weighted by Gasteiger charge is 2.28. The van der Waals surface area contributed by atoms with Gasteiger partial charge in [-0.25, -0.2) is 26.6 Å². The van der Waals surface area contributed by atoms with Crippen LogP contribution in [0.25, 0.3) is 0 Å². The molecule has 140 valence electrons. The first kappa shape index (κ1) is 18.4. The van der Waals surface area contributed by atoms with Gasteiger partial charge in [-0.1, -0.05) is 11.3 Å². The van der Waals surface area contributed by atoms with E-state index in [1.165, 1.54) is 0 Å². The van der Waals surface area contributed by atoms with Crippen molar-refractivity contribution in [3.8, 4) is 0 Å². The first-order chi connectivity index (χ1) is 12.4. The van der Waals surface area contributed by atoms with Crippen LogP contribution >= 0.6 is 0 Å². The molecule has 1 aromatic carbocycles. The van der Waals surface area contributed by atoms with Gasteiger partial charge in [-0.15, -0.1) is 5.10 Å². The van der Waals surface area contributed by atoms with Crippen LogP contribution in [-0.2, 0) is 14.8 Å². The van der Waals surface area contributed by atoms with Gasteiger partial charge >= 0.3 is 0 Å². The molecule has 26 heavy (non-hydrogen) atoms. The molecule has 8 nitrogen and oxygen atoms in total. The minimum Gasteiger partial charge on any atom is -0.340 e. The van der Waals surface area contributed by atoms with Crippen molar-refractivity contribution >= 4 is 15.9 Å². The zero-order valence-corrected chi connectivity index (χ0v) is 14.5. The summed E-state index contributed by atoms with van der Waals surface area (Å²) in [4.78, 5) is 12.8. The van der Waals surface area contributed by atoms with Crippen molar-refractivity contribution in [1.82, 2.24) is 24.6 Å². The second-order valence-electron chi connectivity index (χ2n) is 5.86. The van der Waals surface area contributed by atoms with E-state index in [0.717, 1.165) is 24.6 Å². The highest BCUT2D eigenvalue weighted by Crippen LogP contribution is 2.21. The zero-order chi connectivity index (χ0) is 18.7. The van der Waals surface area contributed by atoms with Gasteiger partial charge in [-0.3, -0.25) is 4.79 Å².